The van der Waals surface area contributed by atoms with Gasteiger partial charge in [-0.2, -0.15) is 4.68 Å². The van der Waals surface area contributed by atoms with Gasteiger partial charge in [0, 0.05) is 0 Å². The first-order valence-corrected chi connectivity index (χ1v) is 5.32. The van der Waals surface area contributed by atoms with E-state index in [2.05, 4.69) is 15.5 Å². The molecule has 2 rings (SSSR count). The predicted molar refractivity (Wildman–Crippen MR) is 63.0 cm³/mol. The summed E-state index contributed by atoms with van der Waals surface area (Å²) in [5.41, 5.74) is 7.70. The molecule has 0 fully saturated rings. The zero-order valence-electron chi connectivity index (χ0n) is 10.1. The fourth-order valence-corrected chi connectivity index (χ4v) is 1.66. The number of methoxy groups -OCH3 is 1. The minimum Gasteiger partial charge on any atom is -0.496 e. The molecular formula is C11H15N5O. The van der Waals surface area contributed by atoms with Crippen molar-refractivity contribution in [2.75, 3.05) is 7.11 Å². The zero-order chi connectivity index (χ0) is 12.4. The Kier molecular flexibility index (Phi) is 3.06. The highest BCUT2D eigenvalue weighted by Gasteiger charge is 2.12. The first-order chi connectivity index (χ1) is 8.13. The molecule has 1 aromatic carbocycles. The van der Waals surface area contributed by atoms with Gasteiger partial charge < -0.3 is 10.5 Å². The minimum atomic E-state index is -0.215. The van der Waals surface area contributed by atoms with Crippen LogP contribution in [0.3, 0.4) is 0 Å². The maximum Gasteiger partial charge on any atom is 0.173 e. The maximum atomic E-state index is 5.80. The van der Waals surface area contributed by atoms with Crippen LogP contribution in [0, 0.1) is 6.92 Å². The van der Waals surface area contributed by atoms with E-state index < -0.39 is 0 Å². The van der Waals surface area contributed by atoms with E-state index in [4.69, 9.17) is 10.5 Å². The van der Waals surface area contributed by atoms with Crippen LogP contribution >= 0.6 is 0 Å². The molecule has 0 aliphatic heterocycles. The van der Waals surface area contributed by atoms with Crippen molar-refractivity contribution in [3.05, 3.63) is 29.6 Å². The lowest BCUT2D eigenvalue weighted by atomic mass is 10.2. The van der Waals surface area contributed by atoms with Gasteiger partial charge in [-0.1, -0.05) is 0 Å². The standard InChI is InChI=1S/C11H15N5O/c1-7-6-9(4-5-10(7)17-3)16-11(8(2)12)13-14-15-16/h4-6,8H,12H2,1-3H3. The molecule has 0 radical (unpaired) electrons. The van der Waals surface area contributed by atoms with Crippen LogP contribution in [0.2, 0.25) is 0 Å². The number of aromatic nitrogens is 4. The van der Waals surface area contributed by atoms with Gasteiger partial charge in [0.2, 0.25) is 0 Å². The van der Waals surface area contributed by atoms with E-state index in [0.717, 1.165) is 17.0 Å². The molecule has 1 aromatic heterocycles. The molecule has 1 unspecified atom stereocenters. The number of hydrogen-bond donors (Lipinski definition) is 1. The highest BCUT2D eigenvalue weighted by molar-refractivity contribution is 5.43. The van der Waals surface area contributed by atoms with Crippen LogP contribution in [0.5, 0.6) is 5.75 Å². The Balaban J connectivity index is 2.46. The molecule has 0 spiro atoms. The van der Waals surface area contributed by atoms with Crippen LogP contribution in [0.25, 0.3) is 5.69 Å². The largest absolute Gasteiger partial charge is 0.496 e. The number of ether oxygens (including phenoxy) is 1. The number of tetrazole rings is 1. The zero-order valence-corrected chi connectivity index (χ0v) is 10.1. The topological polar surface area (TPSA) is 78.8 Å². The Morgan fingerprint density at radius 1 is 1.41 bits per heavy atom. The van der Waals surface area contributed by atoms with Crippen LogP contribution in [0.15, 0.2) is 18.2 Å². The molecule has 0 amide bonds. The summed E-state index contributed by atoms with van der Waals surface area (Å²) in [4.78, 5) is 0. The summed E-state index contributed by atoms with van der Waals surface area (Å²) in [6, 6.07) is 5.53. The van der Waals surface area contributed by atoms with Crippen molar-refractivity contribution >= 4 is 0 Å². The van der Waals surface area contributed by atoms with Gasteiger partial charge in [-0.05, 0) is 48.0 Å². The SMILES string of the molecule is COc1ccc(-n2nnnc2C(C)N)cc1C. The van der Waals surface area contributed by atoms with Crippen molar-refractivity contribution in [2.24, 2.45) is 5.73 Å². The molecule has 0 aliphatic rings. The molecule has 2 aromatic rings. The van der Waals surface area contributed by atoms with Gasteiger partial charge in [-0.3, -0.25) is 0 Å². The van der Waals surface area contributed by atoms with Gasteiger partial charge in [0.1, 0.15) is 5.75 Å². The lowest BCUT2D eigenvalue weighted by molar-refractivity contribution is 0.411. The maximum absolute atomic E-state index is 5.80. The molecule has 1 atom stereocenters. The Morgan fingerprint density at radius 2 is 2.18 bits per heavy atom. The average Bonchev–Trinajstić information content (AvgIpc) is 2.77. The molecule has 6 heteroatoms. The Labute approximate surface area is 99.4 Å². The number of rotatable bonds is 3. The minimum absolute atomic E-state index is 0.215. The van der Waals surface area contributed by atoms with Crippen molar-refractivity contribution in [3.8, 4) is 11.4 Å². The highest BCUT2D eigenvalue weighted by Crippen LogP contribution is 2.21. The third-order valence-corrected chi connectivity index (χ3v) is 2.52. The Bertz CT molecular complexity index is 520. The second-order valence-corrected chi connectivity index (χ2v) is 3.89. The Hall–Kier alpha value is -1.95. The fourth-order valence-electron chi connectivity index (χ4n) is 1.66. The smallest absolute Gasteiger partial charge is 0.173 e. The summed E-state index contributed by atoms with van der Waals surface area (Å²) in [6.45, 7) is 3.82. The molecule has 0 aliphatic carbocycles. The van der Waals surface area contributed by atoms with Crippen molar-refractivity contribution in [3.63, 3.8) is 0 Å². The van der Waals surface area contributed by atoms with Gasteiger partial charge in [-0.25, -0.2) is 0 Å². The first-order valence-electron chi connectivity index (χ1n) is 5.32. The summed E-state index contributed by atoms with van der Waals surface area (Å²) < 4.78 is 6.85. The van der Waals surface area contributed by atoms with Crippen molar-refractivity contribution in [1.29, 1.82) is 0 Å². The second-order valence-electron chi connectivity index (χ2n) is 3.89. The summed E-state index contributed by atoms with van der Waals surface area (Å²) in [7, 11) is 1.65. The summed E-state index contributed by atoms with van der Waals surface area (Å²) in [5, 5.41) is 11.5. The molecule has 1 heterocycles. The Morgan fingerprint density at radius 3 is 2.76 bits per heavy atom. The number of hydrogen-bond acceptors (Lipinski definition) is 5. The van der Waals surface area contributed by atoms with Gasteiger partial charge >= 0.3 is 0 Å². The van der Waals surface area contributed by atoms with E-state index in [1.807, 2.05) is 32.0 Å². The lowest BCUT2D eigenvalue weighted by Gasteiger charge is -2.09. The molecule has 0 saturated heterocycles. The fraction of sp³-hybridized carbons (Fsp3) is 0.364. The van der Waals surface area contributed by atoms with Gasteiger partial charge in [0.25, 0.3) is 0 Å². The predicted octanol–water partition coefficient (Wildman–Crippen LogP) is 0.999. The number of aryl methyl sites for hydroxylation is 1. The summed E-state index contributed by atoms with van der Waals surface area (Å²) in [6.07, 6.45) is 0. The van der Waals surface area contributed by atoms with E-state index in [-0.39, 0.29) is 6.04 Å². The molecular weight excluding hydrogens is 218 g/mol. The van der Waals surface area contributed by atoms with E-state index in [9.17, 15) is 0 Å². The van der Waals surface area contributed by atoms with E-state index in [0.29, 0.717) is 5.82 Å². The van der Waals surface area contributed by atoms with Crippen LogP contribution in [-0.2, 0) is 0 Å². The monoisotopic (exact) mass is 233 g/mol. The van der Waals surface area contributed by atoms with Crippen LogP contribution in [0.4, 0.5) is 0 Å². The van der Waals surface area contributed by atoms with Crippen LogP contribution in [-0.4, -0.2) is 27.3 Å². The molecule has 17 heavy (non-hydrogen) atoms. The molecule has 0 bridgehead atoms. The molecule has 0 saturated carbocycles. The number of nitrogens with two attached hydrogens (primary N) is 1. The van der Waals surface area contributed by atoms with Gasteiger partial charge in [0.15, 0.2) is 5.82 Å². The summed E-state index contributed by atoms with van der Waals surface area (Å²) >= 11 is 0. The van der Waals surface area contributed by atoms with Crippen molar-refractivity contribution in [1.82, 2.24) is 20.2 Å². The van der Waals surface area contributed by atoms with Gasteiger partial charge in [0.05, 0.1) is 18.8 Å². The quantitative estimate of drug-likeness (QED) is 0.855. The number of nitrogens with zero attached hydrogens (tertiary/aromatic N) is 4. The molecule has 6 nitrogen and oxygen atoms in total. The average molecular weight is 233 g/mol. The molecule has 2 N–H and O–H groups in total. The summed E-state index contributed by atoms with van der Waals surface area (Å²) in [5.74, 6) is 1.47. The lowest BCUT2D eigenvalue weighted by Crippen LogP contribution is -2.13. The third kappa shape index (κ3) is 2.12. The van der Waals surface area contributed by atoms with Crippen LogP contribution < -0.4 is 10.5 Å². The van der Waals surface area contributed by atoms with E-state index in [1.54, 1.807) is 11.8 Å². The van der Waals surface area contributed by atoms with E-state index >= 15 is 0 Å². The van der Waals surface area contributed by atoms with Crippen molar-refractivity contribution < 1.29 is 4.74 Å². The third-order valence-electron chi connectivity index (χ3n) is 2.52. The normalized spacial score (nSPS) is 12.5. The van der Waals surface area contributed by atoms with Crippen molar-refractivity contribution in [2.45, 2.75) is 19.9 Å². The van der Waals surface area contributed by atoms with E-state index in [1.165, 1.54) is 0 Å². The van der Waals surface area contributed by atoms with Crippen LogP contribution in [0.1, 0.15) is 24.4 Å². The first kappa shape index (κ1) is 11.5. The highest BCUT2D eigenvalue weighted by atomic mass is 16.5. The molecule has 90 valence electrons. The number of benzene rings is 1. The van der Waals surface area contributed by atoms with Gasteiger partial charge in [-0.15, -0.1) is 5.10 Å². The second kappa shape index (κ2) is 4.50.